The summed E-state index contributed by atoms with van der Waals surface area (Å²) in [6.45, 7) is 11.4. The Kier molecular flexibility index (Phi) is 14.0. The molecule has 12 nitrogen and oxygen atoms in total. The maximum absolute atomic E-state index is 13.7. The van der Waals surface area contributed by atoms with Gasteiger partial charge in [0, 0.05) is 23.9 Å². The number of nitrogens with one attached hydrogen (secondary N) is 2. The van der Waals surface area contributed by atoms with Crippen LogP contribution in [-0.4, -0.2) is 80.9 Å². The molecule has 0 unspecified atom stereocenters. The molecule has 2 aliphatic rings. The van der Waals surface area contributed by atoms with E-state index in [9.17, 15) is 14.4 Å². The fraction of sp³-hybridized carbons (Fsp3) is 0.875. The zero-order valence-electron chi connectivity index (χ0n) is 22.7. The number of thioether (sulfide) groups is 1. The van der Waals surface area contributed by atoms with Crippen molar-refractivity contribution in [3.8, 4) is 0 Å². The molecule has 5 N–H and O–H groups in total. The Morgan fingerprint density at radius 1 is 1.22 bits per heavy atom. The normalized spacial score (nSPS) is 22.5. The van der Waals surface area contributed by atoms with Crippen molar-refractivity contribution in [3.63, 3.8) is 0 Å². The number of alkyl carbamates (subject to hydrolysis) is 1. The number of carbonyl (C=O) groups excluding carboxylic acids is 3. The molecule has 1 heterocycles. The van der Waals surface area contributed by atoms with Crippen molar-refractivity contribution in [2.45, 2.75) is 108 Å². The molecule has 13 heteroatoms. The molecule has 0 bridgehead atoms. The highest BCUT2D eigenvalue weighted by Gasteiger charge is 2.44. The molecule has 214 valence electrons. The van der Waals surface area contributed by atoms with Crippen molar-refractivity contribution in [2.75, 3.05) is 19.7 Å². The Morgan fingerprint density at radius 3 is 2.35 bits per heavy atom. The van der Waals surface area contributed by atoms with Crippen LogP contribution >= 0.6 is 11.8 Å². The van der Waals surface area contributed by atoms with Gasteiger partial charge in [0.15, 0.2) is 0 Å². The average Bonchev–Trinajstić information content (AvgIpc) is 3.29. The first kappa shape index (κ1) is 32.7. The molecule has 0 aromatic rings. The molecule has 3 amide bonds. The minimum Gasteiger partial charge on any atom is -0.450 e. The molecule has 0 radical (unpaired) electrons. The zero-order valence-corrected chi connectivity index (χ0v) is 23.6. The van der Waals surface area contributed by atoms with Gasteiger partial charge >= 0.3 is 6.09 Å². The summed E-state index contributed by atoms with van der Waals surface area (Å²) < 4.78 is 4.64. The molecule has 2 rings (SSSR count). The van der Waals surface area contributed by atoms with Crippen molar-refractivity contribution in [3.05, 3.63) is 10.1 Å². The second-order valence-corrected chi connectivity index (χ2v) is 12.7. The van der Waals surface area contributed by atoms with Crippen molar-refractivity contribution >= 4 is 29.7 Å². The summed E-state index contributed by atoms with van der Waals surface area (Å²) in [6, 6.07) is -1.01. The lowest BCUT2D eigenvalue weighted by Gasteiger charge is -2.38. The van der Waals surface area contributed by atoms with Gasteiger partial charge in [-0.1, -0.05) is 20.8 Å². The van der Waals surface area contributed by atoms with E-state index in [2.05, 4.69) is 24.5 Å². The van der Waals surface area contributed by atoms with Crippen LogP contribution < -0.4 is 16.4 Å². The van der Waals surface area contributed by atoms with Crippen molar-refractivity contribution in [1.82, 2.24) is 15.5 Å². The van der Waals surface area contributed by atoms with Crippen LogP contribution in [0.25, 0.3) is 0 Å². The summed E-state index contributed by atoms with van der Waals surface area (Å²) >= 11 is 1.63. The predicted octanol–water partition coefficient (Wildman–Crippen LogP) is 2.69. The van der Waals surface area contributed by atoms with Crippen LogP contribution in [0.3, 0.4) is 0 Å². The van der Waals surface area contributed by atoms with E-state index in [1.165, 1.54) is 0 Å². The van der Waals surface area contributed by atoms with Crippen LogP contribution in [0.2, 0.25) is 0 Å². The number of likely N-dealkylation sites (tertiary alicyclic amines) is 1. The number of amides is 3. The number of nitrogens with zero attached hydrogens (tertiary/aromatic N) is 2. The molecule has 1 saturated heterocycles. The smallest absolute Gasteiger partial charge is 0.407 e. The first-order valence-corrected chi connectivity index (χ1v) is 13.9. The Bertz CT molecular complexity index is 756. The number of ether oxygens (including phenoxy) is 1. The third-order valence-corrected chi connectivity index (χ3v) is 7.79. The SMILES string of the molecule is CCCOC(=O)N[C@@H](C(=O)N1CCC[C@H]1C(=O)NC[C@H]1CC[C@H](N)CC1)C(C)(C)SC(C)C.O=[N+]([O-])O. The lowest BCUT2D eigenvalue weighted by atomic mass is 9.86. The van der Waals surface area contributed by atoms with Gasteiger partial charge in [-0.3, -0.25) is 9.59 Å². The Hall–Kier alpha value is -2.28. The average molecular weight is 548 g/mol. The summed E-state index contributed by atoms with van der Waals surface area (Å²) in [7, 11) is 0. The van der Waals surface area contributed by atoms with Crippen LogP contribution in [0.4, 0.5) is 4.79 Å². The molecular formula is C24H45N5O7S. The van der Waals surface area contributed by atoms with Gasteiger partial charge in [0.05, 0.1) is 6.61 Å². The maximum atomic E-state index is 13.7. The van der Waals surface area contributed by atoms with Crippen molar-refractivity contribution in [1.29, 1.82) is 0 Å². The summed E-state index contributed by atoms with van der Waals surface area (Å²) in [5.74, 6) is 0.128. The largest absolute Gasteiger partial charge is 0.450 e. The van der Waals surface area contributed by atoms with Crippen molar-refractivity contribution in [2.24, 2.45) is 11.7 Å². The highest BCUT2D eigenvalue weighted by atomic mass is 32.2. The third kappa shape index (κ3) is 11.8. The van der Waals surface area contributed by atoms with E-state index in [0.29, 0.717) is 38.5 Å². The van der Waals surface area contributed by atoms with Crippen LogP contribution in [0.15, 0.2) is 0 Å². The monoisotopic (exact) mass is 547 g/mol. The molecule has 0 aromatic carbocycles. The minimum absolute atomic E-state index is 0.0997. The fourth-order valence-electron chi connectivity index (χ4n) is 4.79. The highest BCUT2D eigenvalue weighted by molar-refractivity contribution is 8.01. The molecule has 1 saturated carbocycles. The fourth-order valence-corrected chi connectivity index (χ4v) is 6.30. The first-order valence-electron chi connectivity index (χ1n) is 13.1. The molecule has 0 aromatic heterocycles. The van der Waals surface area contributed by atoms with Gasteiger partial charge in [0.2, 0.25) is 11.8 Å². The van der Waals surface area contributed by atoms with E-state index in [1.54, 1.807) is 16.7 Å². The van der Waals surface area contributed by atoms with E-state index in [1.807, 2.05) is 20.8 Å². The molecule has 1 aliphatic heterocycles. The van der Waals surface area contributed by atoms with Gasteiger partial charge in [0.25, 0.3) is 5.09 Å². The van der Waals surface area contributed by atoms with E-state index >= 15 is 0 Å². The molecule has 2 fully saturated rings. The highest BCUT2D eigenvalue weighted by Crippen LogP contribution is 2.34. The number of nitrogens with two attached hydrogens (primary N) is 1. The van der Waals surface area contributed by atoms with E-state index in [0.717, 1.165) is 32.1 Å². The van der Waals surface area contributed by atoms with Gasteiger partial charge in [0.1, 0.15) is 12.1 Å². The van der Waals surface area contributed by atoms with E-state index < -0.39 is 28.0 Å². The molecule has 1 aliphatic carbocycles. The minimum atomic E-state index is -1.50. The van der Waals surface area contributed by atoms with Crippen LogP contribution in [-0.2, 0) is 14.3 Å². The standard InChI is InChI=1S/C24H44N4O4S.HNO3/c1-6-14-32-23(31)27-20(24(4,5)33-16(2)3)22(30)28-13-7-8-19(28)21(29)26-15-17-9-11-18(25)12-10-17;2-1(3)4/h16-20H,6-15,25H2,1-5H3,(H,26,29)(H,27,31);(H,2,3,4)/t17-,18-,19-,20-;/m0./s1. The Morgan fingerprint density at radius 2 is 1.81 bits per heavy atom. The zero-order chi connectivity index (χ0) is 28.2. The quantitative estimate of drug-likeness (QED) is 0.236. The van der Waals surface area contributed by atoms with Crippen LogP contribution in [0.5, 0.6) is 0 Å². The second-order valence-electron chi connectivity index (χ2n) is 10.4. The second kappa shape index (κ2) is 15.9. The maximum Gasteiger partial charge on any atom is 0.407 e. The first-order chi connectivity index (χ1) is 17.3. The lowest BCUT2D eigenvalue weighted by Crippen LogP contribution is -2.60. The summed E-state index contributed by atoms with van der Waals surface area (Å²) in [4.78, 5) is 49.1. The molecule has 2 atom stereocenters. The topological polar surface area (TPSA) is 177 Å². The number of hydrogen-bond acceptors (Lipinski definition) is 8. The number of carbonyl (C=O) groups is 3. The van der Waals surface area contributed by atoms with Crippen LogP contribution in [0, 0.1) is 16.0 Å². The summed E-state index contributed by atoms with van der Waals surface area (Å²) in [6.07, 6.45) is 5.57. The van der Waals surface area contributed by atoms with Crippen LogP contribution in [0.1, 0.15) is 79.6 Å². The number of rotatable bonds is 10. The van der Waals surface area contributed by atoms with Gasteiger partial charge < -0.3 is 31.2 Å². The molecule has 0 spiro atoms. The van der Waals surface area contributed by atoms with Gasteiger partial charge in [-0.2, -0.15) is 11.8 Å². The molecule has 37 heavy (non-hydrogen) atoms. The third-order valence-electron chi connectivity index (χ3n) is 6.48. The van der Waals surface area contributed by atoms with Gasteiger partial charge in [-0.25, -0.2) is 4.79 Å². The molecular weight excluding hydrogens is 502 g/mol. The Balaban J connectivity index is 0.00000159. The van der Waals surface area contributed by atoms with E-state index in [-0.39, 0.29) is 23.1 Å². The van der Waals surface area contributed by atoms with Gasteiger partial charge in [-0.05, 0) is 70.0 Å². The predicted molar refractivity (Wildman–Crippen MR) is 142 cm³/mol. The number of hydrogen-bond donors (Lipinski definition) is 4. The lowest BCUT2D eigenvalue weighted by molar-refractivity contribution is -0.742. The van der Waals surface area contributed by atoms with E-state index in [4.69, 9.17) is 25.8 Å². The van der Waals surface area contributed by atoms with Gasteiger partial charge in [-0.15, -0.1) is 10.1 Å². The Labute approximate surface area is 223 Å². The summed E-state index contributed by atoms with van der Waals surface area (Å²) in [5, 5.41) is 19.8. The van der Waals surface area contributed by atoms with Crippen molar-refractivity contribution < 1.29 is 29.4 Å². The summed E-state index contributed by atoms with van der Waals surface area (Å²) in [5.41, 5.74) is 5.99.